The number of piperazine rings is 1. The number of halogens is 1. The summed E-state index contributed by atoms with van der Waals surface area (Å²) in [5.41, 5.74) is 7.09. The third-order valence-corrected chi connectivity index (χ3v) is 4.79. The molecule has 1 saturated heterocycles. The number of rotatable bonds is 5. The molecule has 1 aromatic heterocycles. The van der Waals surface area contributed by atoms with Crippen molar-refractivity contribution in [2.24, 2.45) is 5.73 Å². The van der Waals surface area contributed by atoms with Gasteiger partial charge in [-0.05, 0) is 24.4 Å². The second-order valence-corrected chi connectivity index (χ2v) is 6.58. The van der Waals surface area contributed by atoms with Crippen molar-refractivity contribution in [3.8, 4) is 5.69 Å². The van der Waals surface area contributed by atoms with E-state index in [1.165, 1.54) is 17.9 Å². The summed E-state index contributed by atoms with van der Waals surface area (Å²) in [6, 6.07) is 4.91. The highest BCUT2D eigenvalue weighted by Crippen LogP contribution is 2.23. The predicted molar refractivity (Wildman–Crippen MR) is 106 cm³/mol. The lowest BCUT2D eigenvalue weighted by atomic mass is 10.2. The van der Waals surface area contributed by atoms with Gasteiger partial charge in [0.2, 0.25) is 5.91 Å². The highest BCUT2D eigenvalue weighted by Gasteiger charge is 2.22. The molecule has 1 aliphatic heterocycles. The van der Waals surface area contributed by atoms with E-state index in [1.54, 1.807) is 23.2 Å². The standard InChI is InChI=1S/C17H22FN7O2S/c1-27-17(28)20-10-12-11-25(22-21-12)13-2-3-15(14(18)8-13)23-4-6-24(7-5-23)16(26)9-19/h2-3,8,11H,4-7,9-10,19H2,1H3,(H,20,28). The van der Waals surface area contributed by atoms with Gasteiger partial charge in [0.15, 0.2) is 0 Å². The largest absolute Gasteiger partial charge is 0.474 e. The Morgan fingerprint density at radius 2 is 2.11 bits per heavy atom. The van der Waals surface area contributed by atoms with Crippen molar-refractivity contribution in [1.82, 2.24) is 25.2 Å². The summed E-state index contributed by atoms with van der Waals surface area (Å²) in [4.78, 5) is 15.3. The van der Waals surface area contributed by atoms with Crippen LogP contribution in [0, 0.1) is 5.82 Å². The zero-order valence-electron chi connectivity index (χ0n) is 15.5. The third-order valence-electron chi connectivity index (χ3n) is 4.48. The molecule has 0 unspecified atom stereocenters. The molecule has 0 aliphatic carbocycles. The number of amides is 1. The molecule has 1 aliphatic rings. The van der Waals surface area contributed by atoms with Crippen LogP contribution >= 0.6 is 12.2 Å². The summed E-state index contributed by atoms with van der Waals surface area (Å²) in [6.45, 7) is 2.52. The quantitative estimate of drug-likeness (QED) is 0.670. The van der Waals surface area contributed by atoms with Crippen molar-refractivity contribution < 1.29 is 13.9 Å². The number of nitrogens with two attached hydrogens (primary N) is 1. The molecular weight excluding hydrogens is 385 g/mol. The van der Waals surface area contributed by atoms with Gasteiger partial charge >= 0.3 is 0 Å². The number of carbonyl (C=O) groups excluding carboxylic acids is 1. The molecule has 1 aromatic carbocycles. The molecule has 11 heteroatoms. The van der Waals surface area contributed by atoms with E-state index in [0.717, 1.165) is 0 Å². The van der Waals surface area contributed by atoms with Crippen molar-refractivity contribution in [2.45, 2.75) is 6.54 Å². The fourth-order valence-corrected chi connectivity index (χ4v) is 3.03. The molecule has 3 N–H and O–H groups in total. The van der Waals surface area contributed by atoms with Crippen LogP contribution in [0.4, 0.5) is 10.1 Å². The number of aromatic nitrogens is 3. The van der Waals surface area contributed by atoms with E-state index in [4.69, 9.17) is 22.7 Å². The van der Waals surface area contributed by atoms with E-state index in [2.05, 4.69) is 15.6 Å². The molecule has 28 heavy (non-hydrogen) atoms. The number of ether oxygens (including phenoxy) is 1. The van der Waals surface area contributed by atoms with E-state index in [-0.39, 0.29) is 23.4 Å². The fourth-order valence-electron chi connectivity index (χ4n) is 2.96. The normalized spacial score (nSPS) is 14.1. The van der Waals surface area contributed by atoms with Crippen LogP contribution in [0.1, 0.15) is 5.69 Å². The van der Waals surface area contributed by atoms with Crippen molar-refractivity contribution in [3.63, 3.8) is 0 Å². The average molecular weight is 407 g/mol. The highest BCUT2D eigenvalue weighted by atomic mass is 32.1. The van der Waals surface area contributed by atoms with Crippen molar-refractivity contribution in [3.05, 3.63) is 35.9 Å². The SMILES string of the molecule is COC(=S)NCc1cn(-c2ccc(N3CCN(C(=O)CN)CC3)c(F)c2)nn1. The van der Waals surface area contributed by atoms with Gasteiger partial charge in [0.05, 0.1) is 37.8 Å². The Bertz CT molecular complexity index is 852. The lowest BCUT2D eigenvalue weighted by molar-refractivity contribution is -0.129. The number of nitrogens with zero attached hydrogens (tertiary/aromatic N) is 5. The maximum Gasteiger partial charge on any atom is 0.256 e. The van der Waals surface area contributed by atoms with E-state index in [1.807, 2.05) is 4.90 Å². The lowest BCUT2D eigenvalue weighted by Crippen LogP contribution is -2.50. The minimum Gasteiger partial charge on any atom is -0.474 e. The summed E-state index contributed by atoms with van der Waals surface area (Å²) in [6.07, 6.45) is 1.69. The smallest absolute Gasteiger partial charge is 0.256 e. The van der Waals surface area contributed by atoms with Gasteiger partial charge in [-0.25, -0.2) is 9.07 Å². The van der Waals surface area contributed by atoms with Crippen LogP contribution in [0.2, 0.25) is 0 Å². The molecule has 3 rings (SSSR count). The highest BCUT2D eigenvalue weighted by molar-refractivity contribution is 7.80. The summed E-state index contributed by atoms with van der Waals surface area (Å²) < 4.78 is 21.1. The molecule has 0 spiro atoms. The van der Waals surface area contributed by atoms with Crippen molar-refractivity contribution >= 4 is 29.0 Å². The van der Waals surface area contributed by atoms with E-state index >= 15 is 0 Å². The number of nitrogens with one attached hydrogen (secondary N) is 1. The van der Waals surface area contributed by atoms with Gasteiger partial charge in [-0.2, -0.15) is 0 Å². The molecule has 2 aromatic rings. The Balaban J connectivity index is 1.65. The van der Waals surface area contributed by atoms with Crippen LogP contribution < -0.4 is 16.0 Å². The van der Waals surface area contributed by atoms with Gasteiger partial charge in [0.1, 0.15) is 11.5 Å². The monoisotopic (exact) mass is 407 g/mol. The molecule has 0 radical (unpaired) electrons. The minimum atomic E-state index is -0.355. The van der Waals surface area contributed by atoms with Crippen molar-refractivity contribution in [1.29, 1.82) is 0 Å². The Hall–Kier alpha value is -2.79. The van der Waals surface area contributed by atoms with Crippen LogP contribution in [0.5, 0.6) is 0 Å². The lowest BCUT2D eigenvalue weighted by Gasteiger charge is -2.36. The molecule has 0 atom stereocenters. The van der Waals surface area contributed by atoms with Gasteiger partial charge < -0.3 is 25.6 Å². The first-order valence-corrected chi connectivity index (χ1v) is 9.18. The fraction of sp³-hybridized carbons (Fsp3) is 0.412. The molecule has 150 valence electrons. The Labute approximate surface area is 167 Å². The minimum absolute atomic E-state index is 0.00424. The molecule has 1 amide bonds. The van der Waals surface area contributed by atoms with E-state index in [9.17, 15) is 9.18 Å². The van der Waals surface area contributed by atoms with Gasteiger partial charge in [-0.15, -0.1) is 5.10 Å². The maximum atomic E-state index is 14.7. The number of thiocarbonyl (C=S) groups is 1. The van der Waals surface area contributed by atoms with Crippen molar-refractivity contribution in [2.75, 3.05) is 44.7 Å². The maximum absolute atomic E-state index is 14.7. The predicted octanol–water partition coefficient (Wildman–Crippen LogP) is 0.0346. The first kappa shape index (κ1) is 20.0. The molecular formula is C17H22FN7O2S. The van der Waals surface area contributed by atoms with Gasteiger partial charge in [0, 0.05) is 32.2 Å². The second-order valence-electron chi connectivity index (χ2n) is 6.21. The molecule has 1 fully saturated rings. The number of methoxy groups -OCH3 is 1. The number of anilines is 1. The van der Waals surface area contributed by atoms with Crippen LogP contribution in [-0.2, 0) is 16.1 Å². The average Bonchev–Trinajstić information content (AvgIpc) is 3.20. The van der Waals surface area contributed by atoms with Crippen LogP contribution in [0.15, 0.2) is 24.4 Å². The van der Waals surface area contributed by atoms with Gasteiger partial charge in [-0.3, -0.25) is 4.79 Å². The number of benzene rings is 1. The van der Waals surface area contributed by atoms with Crippen LogP contribution in [0.3, 0.4) is 0 Å². The van der Waals surface area contributed by atoms with E-state index in [0.29, 0.717) is 49.8 Å². The zero-order chi connectivity index (χ0) is 20.1. The van der Waals surface area contributed by atoms with Crippen LogP contribution in [0.25, 0.3) is 5.69 Å². The summed E-state index contributed by atoms with van der Waals surface area (Å²) in [7, 11) is 1.48. The number of hydrogen-bond donors (Lipinski definition) is 2. The first-order chi connectivity index (χ1) is 13.5. The molecule has 9 nitrogen and oxygen atoms in total. The summed E-state index contributed by atoms with van der Waals surface area (Å²) in [5, 5.41) is 11.2. The van der Waals surface area contributed by atoms with E-state index < -0.39 is 0 Å². The zero-order valence-corrected chi connectivity index (χ0v) is 16.3. The third kappa shape index (κ3) is 4.54. The van der Waals surface area contributed by atoms with Gasteiger partial charge in [0.25, 0.3) is 5.17 Å². The van der Waals surface area contributed by atoms with Crippen LogP contribution in [-0.4, -0.2) is 70.8 Å². The number of carbonyl (C=O) groups is 1. The van der Waals surface area contributed by atoms with Gasteiger partial charge in [-0.1, -0.05) is 5.21 Å². The molecule has 2 heterocycles. The second kappa shape index (κ2) is 8.93. The number of hydrogen-bond acceptors (Lipinski definition) is 7. The summed E-state index contributed by atoms with van der Waals surface area (Å²) in [5.74, 6) is -0.440. The molecule has 0 saturated carbocycles. The Morgan fingerprint density at radius 3 is 2.75 bits per heavy atom. The molecule has 0 bridgehead atoms. The Kier molecular flexibility index (Phi) is 6.37. The Morgan fingerprint density at radius 1 is 1.36 bits per heavy atom. The first-order valence-electron chi connectivity index (χ1n) is 8.77. The topological polar surface area (TPSA) is 102 Å². The summed E-state index contributed by atoms with van der Waals surface area (Å²) >= 11 is 4.91.